The number of halogens is 2. The lowest BCUT2D eigenvalue weighted by atomic mass is 10.2. The Bertz CT molecular complexity index is 581. The third-order valence-corrected chi connectivity index (χ3v) is 4.23. The number of aromatic nitrogens is 1. The standard InChI is InChI=1S/C14H16ClFN2S/c1-8(2)17-7-13-9(3)18-14(19-13)10-4-5-12(16)11(15)6-10/h4-6,8,17H,7H2,1-3H3. The third-order valence-electron chi connectivity index (χ3n) is 2.73. The Morgan fingerprint density at radius 2 is 2.16 bits per heavy atom. The van der Waals surface area contributed by atoms with E-state index in [1.165, 1.54) is 10.9 Å². The minimum absolute atomic E-state index is 0.132. The predicted octanol–water partition coefficient (Wildman–Crippen LogP) is 4.41. The van der Waals surface area contributed by atoms with Gasteiger partial charge in [0.1, 0.15) is 10.8 Å². The molecule has 0 bridgehead atoms. The molecule has 19 heavy (non-hydrogen) atoms. The van der Waals surface area contributed by atoms with Crippen molar-refractivity contribution in [1.82, 2.24) is 10.3 Å². The number of benzene rings is 1. The fourth-order valence-electron chi connectivity index (χ4n) is 1.64. The number of nitrogens with zero attached hydrogens (tertiary/aromatic N) is 1. The highest BCUT2D eigenvalue weighted by molar-refractivity contribution is 7.15. The summed E-state index contributed by atoms with van der Waals surface area (Å²) in [5.41, 5.74) is 1.86. The van der Waals surface area contributed by atoms with Gasteiger partial charge in [-0.2, -0.15) is 0 Å². The summed E-state index contributed by atoms with van der Waals surface area (Å²) in [4.78, 5) is 5.73. The van der Waals surface area contributed by atoms with E-state index in [-0.39, 0.29) is 5.02 Å². The fourth-order valence-corrected chi connectivity index (χ4v) is 2.83. The lowest BCUT2D eigenvalue weighted by Crippen LogP contribution is -2.21. The quantitative estimate of drug-likeness (QED) is 0.904. The van der Waals surface area contributed by atoms with Crippen molar-refractivity contribution in [2.45, 2.75) is 33.4 Å². The summed E-state index contributed by atoms with van der Waals surface area (Å²) in [6, 6.07) is 5.14. The van der Waals surface area contributed by atoms with Gasteiger partial charge in [-0.3, -0.25) is 0 Å². The lowest BCUT2D eigenvalue weighted by Gasteiger charge is -2.05. The van der Waals surface area contributed by atoms with Crippen LogP contribution in [0.1, 0.15) is 24.4 Å². The maximum atomic E-state index is 13.1. The van der Waals surface area contributed by atoms with Gasteiger partial charge >= 0.3 is 0 Å². The van der Waals surface area contributed by atoms with Crippen molar-refractivity contribution >= 4 is 22.9 Å². The van der Waals surface area contributed by atoms with Crippen LogP contribution in [0.5, 0.6) is 0 Å². The largest absolute Gasteiger partial charge is 0.310 e. The highest BCUT2D eigenvalue weighted by Crippen LogP contribution is 2.30. The molecule has 0 unspecified atom stereocenters. The summed E-state index contributed by atoms with van der Waals surface area (Å²) >= 11 is 7.42. The molecule has 1 N–H and O–H groups in total. The predicted molar refractivity (Wildman–Crippen MR) is 79.2 cm³/mol. The number of hydrogen-bond acceptors (Lipinski definition) is 3. The Morgan fingerprint density at radius 3 is 2.79 bits per heavy atom. The summed E-state index contributed by atoms with van der Waals surface area (Å²) in [5.74, 6) is -0.402. The molecule has 0 fully saturated rings. The van der Waals surface area contributed by atoms with Gasteiger partial charge < -0.3 is 5.32 Å². The molecule has 1 aromatic heterocycles. The molecule has 0 spiro atoms. The lowest BCUT2D eigenvalue weighted by molar-refractivity contribution is 0.591. The first-order valence-electron chi connectivity index (χ1n) is 6.12. The summed E-state index contributed by atoms with van der Waals surface area (Å²) in [6.07, 6.45) is 0. The van der Waals surface area contributed by atoms with Crippen LogP contribution in [0.25, 0.3) is 10.6 Å². The third kappa shape index (κ3) is 3.53. The number of nitrogens with one attached hydrogen (secondary N) is 1. The maximum absolute atomic E-state index is 13.1. The van der Waals surface area contributed by atoms with Gasteiger partial charge in [-0.05, 0) is 25.1 Å². The summed E-state index contributed by atoms with van der Waals surface area (Å²) < 4.78 is 13.1. The van der Waals surface area contributed by atoms with Crippen LogP contribution >= 0.6 is 22.9 Å². The molecule has 0 aliphatic heterocycles. The number of thiazole rings is 1. The van der Waals surface area contributed by atoms with E-state index >= 15 is 0 Å². The van der Waals surface area contributed by atoms with Gasteiger partial charge in [0.25, 0.3) is 0 Å². The molecular formula is C14H16ClFN2S. The smallest absolute Gasteiger partial charge is 0.141 e. The second-order valence-electron chi connectivity index (χ2n) is 4.69. The van der Waals surface area contributed by atoms with Crippen LogP contribution < -0.4 is 5.32 Å². The molecule has 0 amide bonds. The molecule has 0 atom stereocenters. The maximum Gasteiger partial charge on any atom is 0.141 e. The summed E-state index contributed by atoms with van der Waals surface area (Å²) in [7, 11) is 0. The van der Waals surface area contributed by atoms with Crippen LogP contribution in [0.15, 0.2) is 18.2 Å². The molecule has 0 aliphatic rings. The Morgan fingerprint density at radius 1 is 1.42 bits per heavy atom. The van der Waals surface area contributed by atoms with Gasteiger partial charge in [0, 0.05) is 23.0 Å². The van der Waals surface area contributed by atoms with Crippen LogP contribution in [-0.4, -0.2) is 11.0 Å². The van der Waals surface area contributed by atoms with Gasteiger partial charge in [-0.15, -0.1) is 11.3 Å². The van der Waals surface area contributed by atoms with Gasteiger partial charge in [-0.1, -0.05) is 25.4 Å². The first kappa shape index (κ1) is 14.4. The zero-order chi connectivity index (χ0) is 14.0. The molecule has 2 rings (SSSR count). The monoisotopic (exact) mass is 298 g/mol. The van der Waals surface area contributed by atoms with E-state index in [4.69, 9.17) is 11.6 Å². The van der Waals surface area contributed by atoms with E-state index in [1.807, 2.05) is 6.92 Å². The number of hydrogen-bond donors (Lipinski definition) is 1. The average molecular weight is 299 g/mol. The molecule has 0 saturated heterocycles. The minimum atomic E-state index is -0.402. The van der Waals surface area contributed by atoms with E-state index in [1.54, 1.807) is 23.5 Å². The molecule has 0 aliphatic carbocycles. The summed E-state index contributed by atoms with van der Waals surface area (Å²) in [5, 5.41) is 4.38. The fraction of sp³-hybridized carbons (Fsp3) is 0.357. The molecular weight excluding hydrogens is 283 g/mol. The van der Waals surface area contributed by atoms with E-state index in [9.17, 15) is 4.39 Å². The highest BCUT2D eigenvalue weighted by Gasteiger charge is 2.11. The van der Waals surface area contributed by atoms with Gasteiger partial charge in [0.2, 0.25) is 0 Å². The van der Waals surface area contributed by atoms with Crippen molar-refractivity contribution in [2.24, 2.45) is 0 Å². The van der Waals surface area contributed by atoms with Crippen molar-refractivity contribution in [1.29, 1.82) is 0 Å². The molecule has 1 heterocycles. The van der Waals surface area contributed by atoms with Crippen molar-refractivity contribution in [3.63, 3.8) is 0 Å². The van der Waals surface area contributed by atoms with Crippen molar-refractivity contribution in [3.05, 3.63) is 39.6 Å². The second kappa shape index (κ2) is 5.99. The Kier molecular flexibility index (Phi) is 4.55. The van der Waals surface area contributed by atoms with Gasteiger partial charge in [0.05, 0.1) is 10.7 Å². The molecule has 2 aromatic rings. The van der Waals surface area contributed by atoms with Crippen LogP contribution in [0.2, 0.25) is 5.02 Å². The Hall–Kier alpha value is -0.970. The molecule has 1 aromatic carbocycles. The van der Waals surface area contributed by atoms with E-state index in [0.29, 0.717) is 6.04 Å². The van der Waals surface area contributed by atoms with Crippen LogP contribution in [-0.2, 0) is 6.54 Å². The minimum Gasteiger partial charge on any atom is -0.310 e. The van der Waals surface area contributed by atoms with E-state index in [0.717, 1.165) is 22.8 Å². The van der Waals surface area contributed by atoms with Crippen molar-refractivity contribution < 1.29 is 4.39 Å². The Labute approximate surface area is 121 Å². The van der Waals surface area contributed by atoms with Crippen molar-refractivity contribution in [2.75, 3.05) is 0 Å². The first-order chi connectivity index (χ1) is 8.97. The van der Waals surface area contributed by atoms with Crippen LogP contribution in [0.4, 0.5) is 4.39 Å². The highest BCUT2D eigenvalue weighted by atomic mass is 35.5. The van der Waals surface area contributed by atoms with E-state index in [2.05, 4.69) is 24.1 Å². The zero-order valence-corrected chi connectivity index (χ0v) is 12.7. The molecule has 0 saturated carbocycles. The normalized spacial score (nSPS) is 11.3. The van der Waals surface area contributed by atoms with Gasteiger partial charge in [0.15, 0.2) is 0 Å². The second-order valence-corrected chi connectivity index (χ2v) is 6.18. The van der Waals surface area contributed by atoms with Gasteiger partial charge in [-0.25, -0.2) is 9.37 Å². The zero-order valence-electron chi connectivity index (χ0n) is 11.1. The van der Waals surface area contributed by atoms with Crippen molar-refractivity contribution in [3.8, 4) is 10.6 Å². The Balaban J connectivity index is 2.25. The first-order valence-corrected chi connectivity index (χ1v) is 7.32. The van der Waals surface area contributed by atoms with Crippen LogP contribution in [0.3, 0.4) is 0 Å². The molecule has 0 radical (unpaired) electrons. The number of aryl methyl sites for hydroxylation is 1. The van der Waals surface area contributed by atoms with Crippen LogP contribution in [0, 0.1) is 12.7 Å². The molecule has 5 heteroatoms. The van der Waals surface area contributed by atoms with E-state index < -0.39 is 5.82 Å². The molecule has 2 nitrogen and oxygen atoms in total. The summed E-state index contributed by atoms with van der Waals surface area (Å²) in [6.45, 7) is 7.01. The SMILES string of the molecule is Cc1nc(-c2ccc(F)c(Cl)c2)sc1CNC(C)C. The average Bonchev–Trinajstić information content (AvgIpc) is 2.71. The number of rotatable bonds is 4. The molecule has 102 valence electrons. The topological polar surface area (TPSA) is 24.9 Å².